The van der Waals surface area contributed by atoms with Crippen molar-refractivity contribution in [3.8, 4) is 11.5 Å². The number of hydrogen-bond acceptors (Lipinski definition) is 5. The molecule has 140 valence electrons. The smallest absolute Gasteiger partial charge is 0.248 e. The minimum atomic E-state index is -0.637. The molecule has 0 aromatic heterocycles. The number of methoxy groups -OCH3 is 2. The Kier molecular flexibility index (Phi) is 5.46. The van der Waals surface area contributed by atoms with E-state index in [2.05, 4.69) is 0 Å². The molecule has 4 rings (SSSR count). The first-order chi connectivity index (χ1) is 12.6. The Morgan fingerprint density at radius 1 is 1.12 bits per heavy atom. The van der Waals surface area contributed by atoms with E-state index in [1.807, 2.05) is 24.3 Å². The summed E-state index contributed by atoms with van der Waals surface area (Å²) in [5, 5.41) is 0. The van der Waals surface area contributed by atoms with Gasteiger partial charge in [-0.3, -0.25) is 9.59 Å². The van der Waals surface area contributed by atoms with Crippen LogP contribution in [0.3, 0.4) is 0 Å². The fourth-order valence-corrected chi connectivity index (χ4v) is 3.35. The monoisotopic (exact) mass is 360 g/mol. The lowest BCUT2D eigenvalue weighted by Crippen LogP contribution is -2.64. The Hall–Kier alpha value is -2.54. The summed E-state index contributed by atoms with van der Waals surface area (Å²) in [4.78, 5) is 29.0. The van der Waals surface area contributed by atoms with Gasteiger partial charge < -0.3 is 24.0 Å². The van der Waals surface area contributed by atoms with Gasteiger partial charge in [0.15, 0.2) is 0 Å². The lowest BCUT2D eigenvalue weighted by molar-refractivity contribution is -0.163. The van der Waals surface area contributed by atoms with Gasteiger partial charge in [-0.2, -0.15) is 0 Å². The second-order valence-electron chi connectivity index (χ2n) is 6.37. The second-order valence-corrected chi connectivity index (χ2v) is 6.37. The van der Waals surface area contributed by atoms with Gasteiger partial charge in [-0.25, -0.2) is 0 Å². The van der Waals surface area contributed by atoms with Crippen LogP contribution in [0.4, 0.5) is 0 Å². The summed E-state index contributed by atoms with van der Waals surface area (Å²) in [7, 11) is 4.83. The zero-order valence-electron chi connectivity index (χ0n) is 15.3. The molecule has 3 aliphatic heterocycles. The molecule has 3 heterocycles. The number of ether oxygens (including phenoxy) is 3. The number of nitrogens with zero attached hydrogens (tertiary/aromatic N) is 2. The van der Waals surface area contributed by atoms with E-state index in [9.17, 15) is 9.59 Å². The first-order valence-corrected chi connectivity index (χ1v) is 8.57. The van der Waals surface area contributed by atoms with Gasteiger partial charge in [0.1, 0.15) is 23.6 Å². The molecule has 0 N–H and O–H groups in total. The van der Waals surface area contributed by atoms with Crippen LogP contribution in [0, 0.1) is 0 Å². The third-order valence-electron chi connectivity index (χ3n) is 4.90. The molecule has 26 heavy (non-hydrogen) atoms. The Morgan fingerprint density at radius 3 is 2.65 bits per heavy atom. The van der Waals surface area contributed by atoms with Crippen LogP contribution in [0.1, 0.15) is 12.0 Å². The summed E-state index contributed by atoms with van der Waals surface area (Å²) in [5.74, 6) is 1.11. The van der Waals surface area contributed by atoms with E-state index < -0.39 is 12.1 Å². The van der Waals surface area contributed by atoms with Crippen LogP contribution in [0.15, 0.2) is 30.4 Å². The molecule has 3 aliphatic rings. The molecule has 0 spiro atoms. The third kappa shape index (κ3) is 3.39. The van der Waals surface area contributed by atoms with E-state index in [4.69, 9.17) is 14.2 Å². The summed E-state index contributed by atoms with van der Waals surface area (Å²) in [5.41, 5.74) is 0.815. The van der Waals surface area contributed by atoms with E-state index in [1.165, 1.54) is 4.90 Å². The van der Waals surface area contributed by atoms with Gasteiger partial charge in [0.2, 0.25) is 11.8 Å². The lowest BCUT2D eigenvalue weighted by atomic mass is 10.0. The van der Waals surface area contributed by atoms with Crippen molar-refractivity contribution in [2.24, 2.45) is 0 Å². The highest BCUT2D eigenvalue weighted by atomic mass is 16.5. The average molecular weight is 360 g/mol. The molecule has 2 atom stereocenters. The van der Waals surface area contributed by atoms with Gasteiger partial charge in [-0.15, -0.1) is 0 Å². The number of benzene rings is 1. The van der Waals surface area contributed by atoms with Crippen molar-refractivity contribution in [1.29, 1.82) is 0 Å². The van der Waals surface area contributed by atoms with Crippen LogP contribution < -0.4 is 9.47 Å². The predicted octanol–water partition coefficient (Wildman–Crippen LogP) is 1.22. The molecule has 0 aliphatic carbocycles. The van der Waals surface area contributed by atoms with Crippen molar-refractivity contribution < 1.29 is 23.8 Å². The predicted molar refractivity (Wildman–Crippen MR) is 95.0 cm³/mol. The van der Waals surface area contributed by atoms with E-state index in [1.54, 1.807) is 32.2 Å². The highest BCUT2D eigenvalue weighted by Gasteiger charge is 2.44. The highest BCUT2D eigenvalue weighted by molar-refractivity contribution is 5.97. The molecule has 1 aromatic rings. The topological polar surface area (TPSA) is 68.3 Å². The molecule has 2 bridgehead atoms. The van der Waals surface area contributed by atoms with Gasteiger partial charge in [-0.1, -0.05) is 12.2 Å². The number of carbonyl (C=O) groups is 2. The molecule has 2 amide bonds. The molecular weight excluding hydrogens is 336 g/mol. The zero-order chi connectivity index (χ0) is 18.7. The largest absolute Gasteiger partial charge is 0.497 e. The SMILES string of the molecule is COc1ccc(CN2C(=O)[C@@H]3C/C=C\COC[C@H]2C(=O)N3C)c(OC)c1. The fraction of sp³-hybridized carbons (Fsp3) is 0.474. The summed E-state index contributed by atoms with van der Waals surface area (Å²) >= 11 is 0. The molecule has 1 fully saturated rings. The third-order valence-corrected chi connectivity index (χ3v) is 4.90. The van der Waals surface area contributed by atoms with Crippen molar-refractivity contribution in [2.45, 2.75) is 25.0 Å². The molecule has 7 heteroatoms. The van der Waals surface area contributed by atoms with Crippen LogP contribution in [-0.4, -0.2) is 68.2 Å². The minimum absolute atomic E-state index is 0.0786. The molecule has 7 nitrogen and oxygen atoms in total. The average Bonchev–Trinajstić information content (AvgIpc) is 2.66. The van der Waals surface area contributed by atoms with E-state index in [0.717, 1.165) is 5.56 Å². The Balaban J connectivity index is 1.94. The Bertz CT molecular complexity index is 718. The van der Waals surface area contributed by atoms with Gasteiger partial charge in [0.05, 0.1) is 34.0 Å². The summed E-state index contributed by atoms with van der Waals surface area (Å²) in [6.07, 6.45) is 4.26. The first kappa shape index (κ1) is 18.3. The lowest BCUT2D eigenvalue weighted by Gasteiger charge is -2.43. The first-order valence-electron chi connectivity index (χ1n) is 8.57. The standard InChI is InChI=1S/C19H24N2O5/c1-20-15-6-4-5-9-26-12-16(18(20)22)21(19(15)23)11-13-7-8-14(24-2)10-17(13)25-3/h4-5,7-8,10,15-16H,6,9,11-12H2,1-3H3/b5-4-/t15-,16-/m0/s1. The number of carbonyl (C=O) groups excluding carboxylic acids is 2. The normalized spacial score (nSPS) is 24.6. The van der Waals surface area contributed by atoms with E-state index >= 15 is 0 Å². The summed E-state index contributed by atoms with van der Waals surface area (Å²) in [6, 6.07) is 4.31. The van der Waals surface area contributed by atoms with Crippen molar-refractivity contribution >= 4 is 11.8 Å². The van der Waals surface area contributed by atoms with Crippen LogP contribution in [0.2, 0.25) is 0 Å². The maximum absolute atomic E-state index is 13.1. The van der Waals surface area contributed by atoms with Gasteiger partial charge in [0, 0.05) is 18.7 Å². The number of likely N-dealkylation sites (N-methyl/N-ethyl adjacent to an activating group) is 1. The summed E-state index contributed by atoms with van der Waals surface area (Å²) < 4.78 is 16.2. The van der Waals surface area contributed by atoms with Crippen LogP contribution >= 0.6 is 0 Å². The maximum Gasteiger partial charge on any atom is 0.248 e. The Morgan fingerprint density at radius 2 is 1.92 bits per heavy atom. The number of piperazine rings is 1. The van der Waals surface area contributed by atoms with Crippen LogP contribution in [0.5, 0.6) is 11.5 Å². The van der Waals surface area contributed by atoms with Gasteiger partial charge >= 0.3 is 0 Å². The number of amides is 2. The quantitative estimate of drug-likeness (QED) is 0.755. The number of hydrogen-bond donors (Lipinski definition) is 0. The fourth-order valence-electron chi connectivity index (χ4n) is 3.35. The minimum Gasteiger partial charge on any atom is -0.497 e. The second kappa shape index (κ2) is 7.78. The van der Waals surface area contributed by atoms with Crippen molar-refractivity contribution in [3.05, 3.63) is 35.9 Å². The van der Waals surface area contributed by atoms with Crippen molar-refractivity contribution in [3.63, 3.8) is 0 Å². The molecule has 0 unspecified atom stereocenters. The highest BCUT2D eigenvalue weighted by Crippen LogP contribution is 2.29. The molecular formula is C19H24N2O5. The molecule has 0 radical (unpaired) electrons. The zero-order valence-corrected chi connectivity index (χ0v) is 15.3. The van der Waals surface area contributed by atoms with E-state index in [-0.39, 0.29) is 25.0 Å². The van der Waals surface area contributed by atoms with Crippen LogP contribution in [-0.2, 0) is 20.9 Å². The van der Waals surface area contributed by atoms with Gasteiger partial charge in [-0.05, 0) is 18.6 Å². The molecule has 1 aromatic carbocycles. The van der Waals surface area contributed by atoms with Gasteiger partial charge in [0.25, 0.3) is 0 Å². The van der Waals surface area contributed by atoms with Crippen molar-refractivity contribution in [2.75, 3.05) is 34.5 Å². The maximum atomic E-state index is 13.1. The van der Waals surface area contributed by atoms with E-state index in [0.29, 0.717) is 24.5 Å². The summed E-state index contributed by atoms with van der Waals surface area (Å²) in [6.45, 7) is 0.887. The number of rotatable bonds is 4. The molecule has 1 saturated heterocycles. The van der Waals surface area contributed by atoms with Crippen LogP contribution in [0.25, 0.3) is 0 Å². The Labute approximate surface area is 153 Å². The van der Waals surface area contributed by atoms with Crippen molar-refractivity contribution in [1.82, 2.24) is 9.80 Å². The molecule has 0 saturated carbocycles. The number of fused-ring (bicyclic) bond motifs is 6.